The van der Waals surface area contributed by atoms with Crippen molar-refractivity contribution >= 4 is 5.91 Å². The highest BCUT2D eigenvalue weighted by atomic mass is 16.4. The first-order valence-corrected chi connectivity index (χ1v) is 5.48. The van der Waals surface area contributed by atoms with E-state index in [0.717, 1.165) is 6.39 Å². The first kappa shape index (κ1) is 14.6. The van der Waals surface area contributed by atoms with Gasteiger partial charge in [-0.15, -0.1) is 10.2 Å². The van der Waals surface area contributed by atoms with Gasteiger partial charge in [-0.05, 0) is 12.3 Å². The molecule has 0 aliphatic rings. The number of aromatic nitrogens is 2. The Morgan fingerprint density at radius 1 is 1.44 bits per heavy atom. The van der Waals surface area contributed by atoms with E-state index < -0.39 is 0 Å². The largest absolute Gasteiger partial charge is 0.420 e. The van der Waals surface area contributed by atoms with Gasteiger partial charge in [0, 0.05) is 6.04 Å². The summed E-state index contributed by atoms with van der Waals surface area (Å²) in [6.45, 7) is 12.1. The molecule has 0 aliphatic heterocycles. The number of carbonyl (C=O) groups excluding carboxylic acids is 1. The smallest absolute Gasteiger partial charge is 0.309 e. The van der Waals surface area contributed by atoms with Crippen LogP contribution >= 0.6 is 0 Å². The molecule has 0 saturated heterocycles. The first-order valence-electron chi connectivity index (χ1n) is 5.48. The van der Waals surface area contributed by atoms with Crippen LogP contribution in [0.2, 0.25) is 0 Å². The Kier molecular flexibility index (Phi) is 5.71. The standard InChI is InChI=1S/C9H15N3O2.C2H6/c1-6(9(2,3)4)11-7(13)8-12-10-5-14-8;1-2/h5-6H,1-4H3,(H,11,13);1-2H3. The Labute approximate surface area is 96.6 Å². The minimum absolute atomic E-state index is 0.00102. The molecule has 1 atom stereocenters. The third-order valence-corrected chi connectivity index (χ3v) is 2.20. The maximum absolute atomic E-state index is 11.5. The lowest BCUT2D eigenvalue weighted by Crippen LogP contribution is -2.41. The fraction of sp³-hybridized carbons (Fsp3) is 0.727. The Balaban J connectivity index is 0.00000106. The maximum atomic E-state index is 11.5. The average molecular weight is 227 g/mol. The van der Waals surface area contributed by atoms with Crippen molar-refractivity contribution in [3.63, 3.8) is 0 Å². The Morgan fingerprint density at radius 3 is 2.38 bits per heavy atom. The lowest BCUT2D eigenvalue weighted by Gasteiger charge is -2.27. The van der Waals surface area contributed by atoms with Gasteiger partial charge in [0.2, 0.25) is 6.39 Å². The average Bonchev–Trinajstić information content (AvgIpc) is 2.72. The first-order chi connectivity index (χ1) is 7.41. The van der Waals surface area contributed by atoms with Gasteiger partial charge in [-0.25, -0.2) is 0 Å². The van der Waals surface area contributed by atoms with Crippen molar-refractivity contribution in [1.82, 2.24) is 15.5 Å². The van der Waals surface area contributed by atoms with Crippen molar-refractivity contribution in [1.29, 1.82) is 0 Å². The molecule has 5 nitrogen and oxygen atoms in total. The van der Waals surface area contributed by atoms with Crippen LogP contribution in [0.25, 0.3) is 0 Å². The summed E-state index contributed by atoms with van der Waals surface area (Å²) in [6, 6.07) is 0.0434. The lowest BCUT2D eigenvalue weighted by atomic mass is 9.88. The highest BCUT2D eigenvalue weighted by Crippen LogP contribution is 2.18. The summed E-state index contributed by atoms with van der Waals surface area (Å²) in [7, 11) is 0. The van der Waals surface area contributed by atoms with E-state index in [9.17, 15) is 4.79 Å². The van der Waals surface area contributed by atoms with Crippen LogP contribution in [0, 0.1) is 5.41 Å². The molecule has 5 heteroatoms. The maximum Gasteiger partial charge on any atom is 0.309 e. The molecule has 0 fully saturated rings. The van der Waals surface area contributed by atoms with Crippen molar-refractivity contribution in [3.05, 3.63) is 12.3 Å². The van der Waals surface area contributed by atoms with Gasteiger partial charge in [0.05, 0.1) is 0 Å². The number of nitrogens with one attached hydrogen (secondary N) is 1. The second-order valence-electron chi connectivity index (χ2n) is 4.31. The van der Waals surface area contributed by atoms with Crippen molar-refractivity contribution in [3.8, 4) is 0 Å². The summed E-state index contributed by atoms with van der Waals surface area (Å²) < 4.78 is 4.77. The molecule has 0 spiro atoms. The van der Waals surface area contributed by atoms with Crippen molar-refractivity contribution in [2.45, 2.75) is 47.6 Å². The van der Waals surface area contributed by atoms with E-state index >= 15 is 0 Å². The fourth-order valence-corrected chi connectivity index (χ4v) is 0.747. The number of carbonyl (C=O) groups is 1. The zero-order valence-corrected chi connectivity index (χ0v) is 10.9. The van der Waals surface area contributed by atoms with Crippen molar-refractivity contribution in [2.24, 2.45) is 5.41 Å². The van der Waals surface area contributed by atoms with E-state index in [2.05, 4.69) is 15.5 Å². The van der Waals surface area contributed by atoms with Crippen LogP contribution in [0.15, 0.2) is 10.8 Å². The molecule has 0 bridgehead atoms. The zero-order chi connectivity index (χ0) is 12.8. The normalized spacial score (nSPS) is 12.4. The Bertz CT molecular complexity index is 302. The molecule has 1 rings (SSSR count). The topological polar surface area (TPSA) is 68.0 Å². The molecule has 16 heavy (non-hydrogen) atoms. The summed E-state index contributed by atoms with van der Waals surface area (Å²) in [4.78, 5) is 11.5. The number of amides is 1. The highest BCUT2D eigenvalue weighted by Gasteiger charge is 2.23. The van der Waals surface area contributed by atoms with E-state index in [1.165, 1.54) is 0 Å². The molecule has 1 aromatic heterocycles. The summed E-state index contributed by atoms with van der Waals surface area (Å²) in [5.74, 6) is -0.328. The predicted molar refractivity (Wildman–Crippen MR) is 62.0 cm³/mol. The number of hydrogen-bond acceptors (Lipinski definition) is 4. The van der Waals surface area contributed by atoms with Gasteiger partial charge in [-0.1, -0.05) is 34.6 Å². The van der Waals surface area contributed by atoms with Crippen LogP contribution < -0.4 is 5.32 Å². The summed E-state index contributed by atoms with van der Waals surface area (Å²) in [5.41, 5.74) is 0.00960. The molecule has 1 amide bonds. The molecule has 1 N–H and O–H groups in total. The molecule has 1 unspecified atom stereocenters. The minimum atomic E-state index is -0.329. The number of nitrogens with zero attached hydrogens (tertiary/aromatic N) is 2. The van der Waals surface area contributed by atoms with Crippen LogP contribution in [-0.4, -0.2) is 22.1 Å². The van der Waals surface area contributed by atoms with Crippen molar-refractivity contribution < 1.29 is 9.21 Å². The molecular formula is C11H21N3O2. The second-order valence-corrected chi connectivity index (χ2v) is 4.31. The van der Waals surface area contributed by atoms with Gasteiger partial charge >= 0.3 is 11.8 Å². The molecule has 0 aliphatic carbocycles. The van der Waals surface area contributed by atoms with E-state index in [1.807, 2.05) is 41.5 Å². The highest BCUT2D eigenvalue weighted by molar-refractivity contribution is 5.89. The quantitative estimate of drug-likeness (QED) is 0.841. The molecule has 1 heterocycles. The van der Waals surface area contributed by atoms with Crippen LogP contribution in [0.5, 0.6) is 0 Å². The van der Waals surface area contributed by atoms with Gasteiger partial charge in [0.1, 0.15) is 0 Å². The van der Waals surface area contributed by atoms with Gasteiger partial charge < -0.3 is 9.73 Å². The van der Waals surface area contributed by atoms with E-state index in [-0.39, 0.29) is 23.3 Å². The summed E-state index contributed by atoms with van der Waals surface area (Å²) in [6.07, 6.45) is 1.14. The molecule has 92 valence electrons. The van der Waals surface area contributed by atoms with Gasteiger partial charge in [0.15, 0.2) is 0 Å². The Morgan fingerprint density at radius 2 is 2.00 bits per heavy atom. The lowest BCUT2D eigenvalue weighted by molar-refractivity contribution is 0.0874. The molecule has 1 aromatic rings. The minimum Gasteiger partial charge on any atom is -0.420 e. The van der Waals surface area contributed by atoms with E-state index in [1.54, 1.807) is 0 Å². The van der Waals surface area contributed by atoms with Gasteiger partial charge in [-0.3, -0.25) is 4.79 Å². The Hall–Kier alpha value is -1.39. The van der Waals surface area contributed by atoms with Crippen LogP contribution in [0.3, 0.4) is 0 Å². The van der Waals surface area contributed by atoms with Crippen LogP contribution in [0.4, 0.5) is 0 Å². The second kappa shape index (κ2) is 6.25. The summed E-state index contributed by atoms with van der Waals surface area (Å²) >= 11 is 0. The van der Waals surface area contributed by atoms with Gasteiger partial charge in [-0.2, -0.15) is 0 Å². The van der Waals surface area contributed by atoms with E-state index in [0.29, 0.717) is 0 Å². The number of hydrogen-bond donors (Lipinski definition) is 1. The monoisotopic (exact) mass is 227 g/mol. The zero-order valence-electron chi connectivity index (χ0n) is 10.9. The number of rotatable bonds is 2. The molecule has 0 radical (unpaired) electrons. The summed E-state index contributed by atoms with van der Waals surface area (Å²) in [5, 5.41) is 9.74. The van der Waals surface area contributed by atoms with E-state index in [4.69, 9.17) is 4.42 Å². The molecule has 0 aromatic carbocycles. The predicted octanol–water partition coefficient (Wildman–Crippen LogP) is 2.26. The van der Waals surface area contributed by atoms with Crippen LogP contribution in [0.1, 0.15) is 52.2 Å². The van der Waals surface area contributed by atoms with Crippen molar-refractivity contribution in [2.75, 3.05) is 0 Å². The molecular weight excluding hydrogens is 206 g/mol. The molecule has 0 saturated carbocycles. The third-order valence-electron chi connectivity index (χ3n) is 2.20. The SMILES string of the molecule is CC.CC(NC(=O)c1nnco1)C(C)(C)C. The fourth-order valence-electron chi connectivity index (χ4n) is 0.747. The van der Waals surface area contributed by atoms with Gasteiger partial charge in [0.25, 0.3) is 0 Å². The third kappa shape index (κ3) is 4.42. The van der Waals surface area contributed by atoms with Crippen LogP contribution in [-0.2, 0) is 0 Å².